The van der Waals surface area contributed by atoms with E-state index in [2.05, 4.69) is 20.1 Å². The fourth-order valence-electron chi connectivity index (χ4n) is 2.56. The van der Waals surface area contributed by atoms with Crippen LogP contribution in [-0.4, -0.2) is 36.0 Å². The maximum absolute atomic E-state index is 13.2. The molecule has 0 bridgehead atoms. The van der Waals surface area contributed by atoms with Crippen LogP contribution >= 0.6 is 0 Å². The third-order valence-corrected chi connectivity index (χ3v) is 3.81. The molecule has 23 heavy (non-hydrogen) atoms. The number of pyridine rings is 1. The van der Waals surface area contributed by atoms with E-state index in [1.807, 2.05) is 0 Å². The van der Waals surface area contributed by atoms with Crippen molar-refractivity contribution in [3.8, 4) is 17.5 Å². The summed E-state index contributed by atoms with van der Waals surface area (Å²) in [6, 6.07) is 2.69. The highest BCUT2D eigenvalue weighted by atomic mass is 19.1. The standard InChI is InChI=1S/C14H13FN6O2/c15-7-3-8(4-7)21-13-11(12(16)18-6-19-13)14(20-21)23-10-5-9(22)1-2-17-10/h1-2,5-8H,3-4H2,(H,17,22)(H2,16,18,19). The summed E-state index contributed by atoms with van der Waals surface area (Å²) in [5.74, 6) is 0.574. The molecule has 0 saturated heterocycles. The molecular formula is C14H13FN6O2. The molecule has 4 rings (SSSR count). The Hall–Kier alpha value is -2.97. The van der Waals surface area contributed by atoms with E-state index in [0.29, 0.717) is 23.9 Å². The molecule has 0 unspecified atom stereocenters. The van der Waals surface area contributed by atoms with E-state index in [1.54, 1.807) is 4.68 Å². The number of anilines is 1. The third-order valence-electron chi connectivity index (χ3n) is 3.81. The summed E-state index contributed by atoms with van der Waals surface area (Å²) < 4.78 is 20.4. The van der Waals surface area contributed by atoms with E-state index in [0.717, 1.165) is 0 Å². The summed E-state index contributed by atoms with van der Waals surface area (Å²) in [7, 11) is 0. The number of alkyl halides is 1. The zero-order valence-corrected chi connectivity index (χ0v) is 11.9. The van der Waals surface area contributed by atoms with Gasteiger partial charge in [0.2, 0.25) is 5.88 Å². The molecule has 1 fully saturated rings. The van der Waals surface area contributed by atoms with E-state index in [-0.39, 0.29) is 29.4 Å². The molecule has 0 aromatic carbocycles. The van der Waals surface area contributed by atoms with Crippen molar-refractivity contribution in [2.75, 3.05) is 5.73 Å². The van der Waals surface area contributed by atoms with Crippen molar-refractivity contribution < 1.29 is 14.2 Å². The van der Waals surface area contributed by atoms with E-state index in [9.17, 15) is 9.50 Å². The molecule has 1 aliphatic rings. The first-order valence-electron chi connectivity index (χ1n) is 7.07. The SMILES string of the molecule is Nc1ncnc2c1c(Oc1cc(O)ccn1)nn2C1CC(F)C1. The number of rotatable bonds is 3. The van der Waals surface area contributed by atoms with Gasteiger partial charge in [-0.3, -0.25) is 0 Å². The molecule has 3 N–H and O–H groups in total. The Balaban J connectivity index is 1.79. The van der Waals surface area contributed by atoms with Crippen LogP contribution in [-0.2, 0) is 0 Å². The molecule has 0 aliphatic heterocycles. The van der Waals surface area contributed by atoms with E-state index >= 15 is 0 Å². The minimum atomic E-state index is -0.824. The number of halogens is 1. The Morgan fingerprint density at radius 2 is 2.13 bits per heavy atom. The molecule has 0 amide bonds. The van der Waals surface area contributed by atoms with Gasteiger partial charge in [-0.25, -0.2) is 24.0 Å². The molecular weight excluding hydrogens is 303 g/mol. The van der Waals surface area contributed by atoms with Crippen molar-refractivity contribution in [3.63, 3.8) is 0 Å². The Morgan fingerprint density at radius 1 is 1.30 bits per heavy atom. The summed E-state index contributed by atoms with van der Waals surface area (Å²) >= 11 is 0. The second kappa shape index (κ2) is 5.04. The van der Waals surface area contributed by atoms with Crippen LogP contribution in [0.5, 0.6) is 17.5 Å². The number of fused-ring (bicyclic) bond motifs is 1. The molecule has 0 atom stereocenters. The predicted octanol–water partition coefficient (Wildman–Crippen LogP) is 1.97. The average Bonchev–Trinajstić information content (AvgIpc) is 2.84. The van der Waals surface area contributed by atoms with Crippen molar-refractivity contribution >= 4 is 16.9 Å². The summed E-state index contributed by atoms with van der Waals surface area (Å²) in [5.41, 5.74) is 6.40. The summed E-state index contributed by atoms with van der Waals surface area (Å²) in [6.07, 6.45) is 2.67. The number of ether oxygens (including phenoxy) is 1. The lowest BCUT2D eigenvalue weighted by molar-refractivity contribution is 0.129. The number of aromatic nitrogens is 5. The number of hydrogen-bond donors (Lipinski definition) is 2. The van der Waals surface area contributed by atoms with Crippen LogP contribution in [0.2, 0.25) is 0 Å². The van der Waals surface area contributed by atoms with E-state index in [4.69, 9.17) is 10.5 Å². The molecule has 0 spiro atoms. The third kappa shape index (κ3) is 2.30. The van der Waals surface area contributed by atoms with Gasteiger partial charge in [0.1, 0.15) is 29.5 Å². The van der Waals surface area contributed by atoms with Crippen LogP contribution < -0.4 is 10.5 Å². The maximum atomic E-state index is 13.2. The molecule has 3 aromatic rings. The molecule has 0 radical (unpaired) electrons. The predicted molar refractivity (Wildman–Crippen MR) is 78.9 cm³/mol. The normalized spacial score (nSPS) is 20.4. The summed E-state index contributed by atoms with van der Waals surface area (Å²) in [6.45, 7) is 0. The Labute approximate surface area is 129 Å². The minimum Gasteiger partial charge on any atom is -0.508 e. The van der Waals surface area contributed by atoms with Gasteiger partial charge in [-0.15, -0.1) is 5.10 Å². The van der Waals surface area contributed by atoms with E-state index < -0.39 is 6.17 Å². The number of hydrogen-bond acceptors (Lipinski definition) is 7. The molecule has 1 aliphatic carbocycles. The first-order chi connectivity index (χ1) is 11.1. The van der Waals surface area contributed by atoms with Crippen molar-refractivity contribution in [1.29, 1.82) is 0 Å². The van der Waals surface area contributed by atoms with Crippen molar-refractivity contribution in [2.24, 2.45) is 0 Å². The van der Waals surface area contributed by atoms with Gasteiger partial charge in [-0.05, 0) is 6.07 Å². The number of nitrogens with two attached hydrogens (primary N) is 1. The first kappa shape index (κ1) is 13.7. The highest BCUT2D eigenvalue weighted by Crippen LogP contribution is 2.39. The largest absolute Gasteiger partial charge is 0.508 e. The lowest BCUT2D eigenvalue weighted by Crippen LogP contribution is -2.28. The Morgan fingerprint density at radius 3 is 2.87 bits per heavy atom. The van der Waals surface area contributed by atoms with Crippen LogP contribution in [0.1, 0.15) is 18.9 Å². The van der Waals surface area contributed by atoms with Crippen molar-refractivity contribution in [3.05, 3.63) is 24.7 Å². The van der Waals surface area contributed by atoms with Crippen LogP contribution in [0.25, 0.3) is 11.0 Å². The van der Waals surface area contributed by atoms with Gasteiger partial charge in [0.25, 0.3) is 5.88 Å². The average molecular weight is 316 g/mol. The molecule has 3 heterocycles. The van der Waals surface area contributed by atoms with E-state index in [1.165, 1.54) is 24.7 Å². The first-order valence-corrected chi connectivity index (χ1v) is 7.07. The second-order valence-electron chi connectivity index (χ2n) is 5.38. The van der Waals surface area contributed by atoms with Crippen LogP contribution in [0.3, 0.4) is 0 Å². The van der Waals surface area contributed by atoms with Crippen LogP contribution in [0.15, 0.2) is 24.7 Å². The zero-order chi connectivity index (χ0) is 16.0. The molecule has 3 aromatic heterocycles. The molecule has 9 heteroatoms. The second-order valence-corrected chi connectivity index (χ2v) is 5.38. The van der Waals surface area contributed by atoms with Gasteiger partial charge < -0.3 is 15.6 Å². The van der Waals surface area contributed by atoms with Crippen LogP contribution in [0, 0.1) is 0 Å². The lowest BCUT2D eigenvalue weighted by atomic mass is 9.91. The summed E-state index contributed by atoms with van der Waals surface area (Å²) in [4.78, 5) is 12.1. The molecule has 1 saturated carbocycles. The zero-order valence-electron chi connectivity index (χ0n) is 11.9. The van der Waals surface area contributed by atoms with Crippen LogP contribution in [0.4, 0.5) is 10.2 Å². The number of nitrogen functional groups attached to an aromatic ring is 1. The number of nitrogens with zero attached hydrogens (tertiary/aromatic N) is 5. The molecule has 8 nitrogen and oxygen atoms in total. The topological polar surface area (TPSA) is 112 Å². The fraction of sp³-hybridized carbons (Fsp3) is 0.286. The van der Waals surface area contributed by atoms with Crippen molar-refractivity contribution in [2.45, 2.75) is 25.1 Å². The van der Waals surface area contributed by atoms with Gasteiger partial charge in [0.15, 0.2) is 5.65 Å². The van der Waals surface area contributed by atoms with Gasteiger partial charge in [-0.1, -0.05) is 0 Å². The highest BCUT2D eigenvalue weighted by Gasteiger charge is 2.34. The lowest BCUT2D eigenvalue weighted by Gasteiger charge is -2.29. The highest BCUT2D eigenvalue weighted by molar-refractivity contribution is 5.90. The van der Waals surface area contributed by atoms with Gasteiger partial charge in [-0.2, -0.15) is 0 Å². The summed E-state index contributed by atoms with van der Waals surface area (Å²) in [5, 5.41) is 14.3. The smallest absolute Gasteiger partial charge is 0.253 e. The fourth-order valence-corrected chi connectivity index (χ4v) is 2.56. The number of aromatic hydroxyl groups is 1. The maximum Gasteiger partial charge on any atom is 0.253 e. The van der Waals surface area contributed by atoms with Gasteiger partial charge >= 0.3 is 0 Å². The molecule has 118 valence electrons. The van der Waals surface area contributed by atoms with Crippen molar-refractivity contribution in [1.82, 2.24) is 24.7 Å². The minimum absolute atomic E-state index is 0.0159. The Bertz CT molecular complexity index is 877. The Kier molecular flexibility index (Phi) is 3.00. The van der Waals surface area contributed by atoms with Gasteiger partial charge in [0.05, 0.1) is 6.04 Å². The van der Waals surface area contributed by atoms with Gasteiger partial charge in [0, 0.05) is 25.1 Å². The quantitative estimate of drug-likeness (QED) is 0.759. The monoisotopic (exact) mass is 316 g/mol.